The van der Waals surface area contributed by atoms with Crippen molar-refractivity contribution in [3.05, 3.63) is 157 Å². The van der Waals surface area contributed by atoms with E-state index >= 15 is 0 Å². The van der Waals surface area contributed by atoms with Gasteiger partial charge < -0.3 is 8.83 Å². The van der Waals surface area contributed by atoms with E-state index in [4.69, 9.17) is 14.3 Å². The molecule has 0 fully saturated rings. The van der Waals surface area contributed by atoms with Gasteiger partial charge in [-0.1, -0.05) is 127 Å². The Kier molecular flexibility index (Phi) is 4.74. The number of rotatable bonds is 3. The number of para-hydroxylation sites is 2. The van der Waals surface area contributed by atoms with Crippen LogP contribution in [-0.4, -0.2) is 0 Å². The van der Waals surface area contributed by atoms with Gasteiger partial charge in [-0.3, -0.25) is 0 Å². The summed E-state index contributed by atoms with van der Waals surface area (Å²) in [5.41, 5.74) is 8.57. The zero-order valence-corrected chi connectivity index (χ0v) is 25.4. The summed E-state index contributed by atoms with van der Waals surface area (Å²) < 4.78 is 48.4. The maximum absolute atomic E-state index is 9.03. The first-order valence-electron chi connectivity index (χ1n) is 17.8. The van der Waals surface area contributed by atoms with Crippen LogP contribution in [0.5, 0.6) is 0 Å². The Morgan fingerprint density at radius 3 is 1.64 bits per heavy atom. The Bertz CT molecular complexity index is 3010. The molecule has 0 bridgehead atoms. The van der Waals surface area contributed by atoms with Gasteiger partial charge in [0.05, 0.1) is 5.48 Å². The standard InChI is InChI=1S/C45H28O2/c1-27-18-20-28(21-19-27)42-33-11-2-4-13-35(33)43(36-14-5-3-12-34(36)42)38-25-24-30(45-44(38)37-15-7-9-17-40(37)47-45)29-22-23-32-31-10-6-8-16-39(31)46-41(32)26-29/h2-26H,1H3/i18D,19D,20D,21D. The smallest absolute Gasteiger partial charge is 0.143 e. The van der Waals surface area contributed by atoms with E-state index in [-0.39, 0.29) is 24.2 Å². The molecule has 2 nitrogen and oxygen atoms in total. The molecule has 47 heavy (non-hydrogen) atoms. The lowest BCUT2D eigenvalue weighted by atomic mass is 9.84. The van der Waals surface area contributed by atoms with Crippen molar-refractivity contribution in [2.24, 2.45) is 0 Å². The summed E-state index contributed by atoms with van der Waals surface area (Å²) in [4.78, 5) is 0. The summed E-state index contributed by atoms with van der Waals surface area (Å²) in [6.07, 6.45) is 0. The molecule has 8 aromatic carbocycles. The molecular weight excluding hydrogens is 572 g/mol. The first-order valence-corrected chi connectivity index (χ1v) is 15.8. The van der Waals surface area contributed by atoms with E-state index in [1.54, 1.807) is 6.92 Å². The molecule has 0 amide bonds. The first-order chi connectivity index (χ1) is 24.9. The summed E-state index contributed by atoms with van der Waals surface area (Å²) in [7, 11) is 0. The summed E-state index contributed by atoms with van der Waals surface area (Å²) in [6.45, 7) is 1.64. The molecule has 0 atom stereocenters. The summed E-state index contributed by atoms with van der Waals surface area (Å²) >= 11 is 0. The van der Waals surface area contributed by atoms with Gasteiger partial charge in [0.2, 0.25) is 0 Å². The lowest BCUT2D eigenvalue weighted by Gasteiger charge is -2.19. The van der Waals surface area contributed by atoms with Gasteiger partial charge in [-0.05, 0) is 86.6 Å². The molecule has 10 rings (SSSR count). The van der Waals surface area contributed by atoms with Gasteiger partial charge in [0.25, 0.3) is 0 Å². The number of hydrogen-bond acceptors (Lipinski definition) is 2. The SMILES string of the molecule is [2H]c1c([2H])c(-c2c3ccccc3c(-c3ccc(-c4ccc5c(c4)oc4ccccc45)c4oc5ccccc5c34)c3ccccc23)c([2H])c([2H])c1C. The van der Waals surface area contributed by atoms with Crippen molar-refractivity contribution in [1.82, 2.24) is 0 Å². The van der Waals surface area contributed by atoms with Gasteiger partial charge in [0.15, 0.2) is 0 Å². The second-order valence-electron chi connectivity index (χ2n) is 12.1. The summed E-state index contributed by atoms with van der Waals surface area (Å²) in [5, 5.41) is 7.77. The van der Waals surface area contributed by atoms with Crippen molar-refractivity contribution < 1.29 is 14.3 Å². The quantitative estimate of drug-likeness (QED) is 0.188. The van der Waals surface area contributed by atoms with E-state index in [1.165, 1.54) is 0 Å². The average Bonchev–Trinajstić information content (AvgIpc) is 3.74. The molecular formula is C45H28O2. The predicted octanol–water partition coefficient (Wildman–Crippen LogP) is 13.1. The fraction of sp³-hybridized carbons (Fsp3) is 0.0222. The van der Waals surface area contributed by atoms with E-state index in [2.05, 4.69) is 54.6 Å². The van der Waals surface area contributed by atoms with Crippen LogP contribution in [0.15, 0.2) is 160 Å². The molecule has 0 radical (unpaired) electrons. The highest BCUT2D eigenvalue weighted by molar-refractivity contribution is 6.26. The Balaban J connectivity index is 1.31. The number of fused-ring (bicyclic) bond motifs is 8. The van der Waals surface area contributed by atoms with Gasteiger partial charge in [-0.25, -0.2) is 0 Å². The van der Waals surface area contributed by atoms with E-state index in [0.717, 1.165) is 87.7 Å². The van der Waals surface area contributed by atoms with Gasteiger partial charge >= 0.3 is 0 Å². The Morgan fingerprint density at radius 1 is 0.426 bits per heavy atom. The van der Waals surface area contributed by atoms with Crippen LogP contribution in [0.1, 0.15) is 11.0 Å². The molecule has 0 saturated heterocycles. The van der Waals surface area contributed by atoms with Gasteiger partial charge in [0.1, 0.15) is 22.3 Å². The van der Waals surface area contributed by atoms with Crippen molar-refractivity contribution in [1.29, 1.82) is 0 Å². The normalized spacial score (nSPS) is 13.1. The monoisotopic (exact) mass is 604 g/mol. The Hall–Kier alpha value is -6.12. The van der Waals surface area contributed by atoms with Crippen LogP contribution in [0, 0.1) is 6.92 Å². The van der Waals surface area contributed by atoms with E-state index in [9.17, 15) is 0 Å². The third-order valence-electron chi connectivity index (χ3n) is 9.42. The van der Waals surface area contributed by atoms with Crippen LogP contribution in [-0.2, 0) is 0 Å². The minimum atomic E-state index is -0.0365. The Morgan fingerprint density at radius 2 is 0.957 bits per heavy atom. The fourth-order valence-electron chi connectivity index (χ4n) is 7.35. The average molecular weight is 605 g/mol. The van der Waals surface area contributed by atoms with Crippen LogP contribution >= 0.6 is 0 Å². The topological polar surface area (TPSA) is 26.3 Å². The third kappa shape index (κ3) is 3.85. The molecule has 0 aliphatic rings. The fourth-order valence-corrected chi connectivity index (χ4v) is 7.35. The van der Waals surface area contributed by atoms with Crippen LogP contribution in [0.3, 0.4) is 0 Å². The van der Waals surface area contributed by atoms with Crippen LogP contribution in [0.4, 0.5) is 0 Å². The van der Waals surface area contributed by atoms with Gasteiger partial charge in [-0.2, -0.15) is 0 Å². The second kappa shape index (κ2) is 9.94. The predicted molar refractivity (Wildman–Crippen MR) is 197 cm³/mol. The molecule has 2 heteroatoms. The van der Waals surface area contributed by atoms with Crippen LogP contribution in [0.25, 0.3) is 98.8 Å². The lowest BCUT2D eigenvalue weighted by Crippen LogP contribution is -1.92. The largest absolute Gasteiger partial charge is 0.456 e. The van der Waals surface area contributed by atoms with Crippen molar-refractivity contribution in [3.63, 3.8) is 0 Å². The lowest BCUT2D eigenvalue weighted by molar-refractivity contribution is 0.668. The Labute approximate surface area is 276 Å². The first kappa shape index (κ1) is 22.4. The molecule has 0 aliphatic carbocycles. The van der Waals surface area contributed by atoms with E-state index < -0.39 is 0 Å². The summed E-state index contributed by atoms with van der Waals surface area (Å²) in [5.74, 6) is 0. The second-order valence-corrected chi connectivity index (χ2v) is 12.1. The molecule has 0 saturated carbocycles. The molecule has 0 unspecified atom stereocenters. The highest BCUT2D eigenvalue weighted by atomic mass is 16.3. The van der Waals surface area contributed by atoms with Crippen molar-refractivity contribution in [2.75, 3.05) is 0 Å². The highest BCUT2D eigenvalue weighted by Gasteiger charge is 2.22. The van der Waals surface area contributed by atoms with Gasteiger partial charge in [0, 0.05) is 27.1 Å². The number of furan rings is 2. The zero-order chi connectivity index (χ0) is 34.5. The van der Waals surface area contributed by atoms with E-state index in [1.807, 2.05) is 72.8 Å². The molecule has 0 aliphatic heterocycles. The molecule has 0 spiro atoms. The number of hydrogen-bond donors (Lipinski definition) is 0. The maximum Gasteiger partial charge on any atom is 0.143 e. The minimum Gasteiger partial charge on any atom is -0.456 e. The molecule has 220 valence electrons. The maximum atomic E-state index is 9.03. The van der Waals surface area contributed by atoms with Crippen molar-refractivity contribution in [2.45, 2.75) is 6.92 Å². The van der Waals surface area contributed by atoms with Crippen LogP contribution in [0.2, 0.25) is 0 Å². The third-order valence-corrected chi connectivity index (χ3v) is 9.42. The van der Waals surface area contributed by atoms with Crippen LogP contribution < -0.4 is 0 Å². The molecule has 0 N–H and O–H groups in total. The molecule has 2 heterocycles. The van der Waals surface area contributed by atoms with Crippen molar-refractivity contribution in [3.8, 4) is 33.4 Å². The minimum absolute atomic E-state index is 0.0220. The van der Waals surface area contributed by atoms with Crippen molar-refractivity contribution >= 4 is 65.4 Å². The molecule has 10 aromatic rings. The van der Waals surface area contributed by atoms with Gasteiger partial charge in [-0.15, -0.1) is 0 Å². The summed E-state index contributed by atoms with van der Waals surface area (Å²) in [6, 6.07) is 42.9. The number of benzene rings is 8. The molecule has 2 aromatic heterocycles. The van der Waals surface area contributed by atoms with E-state index in [0.29, 0.717) is 16.7 Å². The highest BCUT2D eigenvalue weighted by Crippen LogP contribution is 2.48. The zero-order valence-electron chi connectivity index (χ0n) is 29.4.